The standard InChI is InChI=1S/C50H31N3O2/c1-2-8-35-29-41-30-37(13-15-39(41)27-34(35)7-1)36-14-16-40-31-44(26-21-38(40)28-36)53(42-22-17-32(18-23-42)49-51-45-9-3-5-11-47(45)54-49)43-24-19-33(20-25-43)50-52-46-10-4-6-12-48(46)55-50/h1-31H. The van der Waals surface area contributed by atoms with Crippen LogP contribution in [0.15, 0.2) is 197 Å². The summed E-state index contributed by atoms with van der Waals surface area (Å²) in [5, 5.41) is 7.34. The Morgan fingerprint density at radius 2 is 0.709 bits per heavy atom. The molecule has 0 saturated heterocycles. The van der Waals surface area contributed by atoms with E-state index in [1.54, 1.807) is 0 Å². The number of anilines is 3. The van der Waals surface area contributed by atoms with Gasteiger partial charge < -0.3 is 13.7 Å². The minimum atomic E-state index is 0.600. The number of fused-ring (bicyclic) bond motifs is 5. The van der Waals surface area contributed by atoms with Crippen molar-refractivity contribution in [3.8, 4) is 34.0 Å². The molecule has 0 unspecified atom stereocenters. The van der Waals surface area contributed by atoms with E-state index >= 15 is 0 Å². The summed E-state index contributed by atoms with van der Waals surface area (Å²) in [6.07, 6.45) is 0. The number of oxazole rings is 2. The van der Waals surface area contributed by atoms with Crippen LogP contribution in [-0.2, 0) is 0 Å². The van der Waals surface area contributed by atoms with Crippen LogP contribution < -0.4 is 4.90 Å². The van der Waals surface area contributed by atoms with Gasteiger partial charge in [-0.15, -0.1) is 0 Å². The fourth-order valence-corrected chi connectivity index (χ4v) is 7.62. The monoisotopic (exact) mass is 705 g/mol. The molecule has 55 heavy (non-hydrogen) atoms. The quantitative estimate of drug-likeness (QED) is 0.161. The van der Waals surface area contributed by atoms with E-state index in [2.05, 4.69) is 144 Å². The zero-order chi connectivity index (χ0) is 36.3. The molecule has 11 aromatic rings. The van der Waals surface area contributed by atoms with Gasteiger partial charge in [-0.1, -0.05) is 78.9 Å². The van der Waals surface area contributed by atoms with Gasteiger partial charge in [-0.3, -0.25) is 0 Å². The topological polar surface area (TPSA) is 55.3 Å². The zero-order valence-electron chi connectivity index (χ0n) is 29.6. The van der Waals surface area contributed by atoms with Crippen molar-refractivity contribution in [2.24, 2.45) is 0 Å². The second-order valence-corrected chi connectivity index (χ2v) is 13.9. The molecule has 2 aromatic heterocycles. The van der Waals surface area contributed by atoms with Gasteiger partial charge in [0.1, 0.15) is 11.0 Å². The third-order valence-electron chi connectivity index (χ3n) is 10.5. The average molecular weight is 706 g/mol. The highest BCUT2D eigenvalue weighted by molar-refractivity contribution is 6.00. The van der Waals surface area contributed by atoms with Gasteiger partial charge >= 0.3 is 0 Å². The molecule has 0 atom stereocenters. The predicted octanol–water partition coefficient (Wildman–Crippen LogP) is 13.9. The Morgan fingerprint density at radius 3 is 1.27 bits per heavy atom. The van der Waals surface area contributed by atoms with Crippen LogP contribution in [0, 0.1) is 0 Å². The lowest BCUT2D eigenvalue weighted by Crippen LogP contribution is -2.09. The van der Waals surface area contributed by atoms with Gasteiger partial charge in [-0.2, -0.15) is 0 Å². The largest absolute Gasteiger partial charge is 0.436 e. The Hall–Kier alpha value is -7.50. The summed E-state index contributed by atoms with van der Waals surface area (Å²) in [4.78, 5) is 11.7. The number of hydrogen-bond acceptors (Lipinski definition) is 5. The van der Waals surface area contributed by atoms with Crippen molar-refractivity contribution in [2.75, 3.05) is 4.90 Å². The van der Waals surface area contributed by atoms with Crippen molar-refractivity contribution in [2.45, 2.75) is 0 Å². The first kappa shape index (κ1) is 31.1. The SMILES string of the molecule is c1ccc2cc3cc(-c4ccc5cc(N(c6ccc(-c7nc8ccccc8o7)cc6)c6ccc(-c7nc8ccccc8o7)cc6)ccc5c4)ccc3cc2c1. The Morgan fingerprint density at radius 1 is 0.309 bits per heavy atom. The highest BCUT2D eigenvalue weighted by Crippen LogP contribution is 2.39. The second kappa shape index (κ2) is 12.6. The molecule has 0 aliphatic carbocycles. The molecule has 5 nitrogen and oxygen atoms in total. The van der Waals surface area contributed by atoms with Crippen molar-refractivity contribution >= 4 is 71.6 Å². The van der Waals surface area contributed by atoms with Gasteiger partial charge in [0.15, 0.2) is 11.2 Å². The molecule has 0 aliphatic heterocycles. The summed E-state index contributed by atoms with van der Waals surface area (Å²) in [5.41, 5.74) is 10.5. The van der Waals surface area contributed by atoms with E-state index in [4.69, 9.17) is 18.8 Å². The molecule has 9 aromatic carbocycles. The van der Waals surface area contributed by atoms with E-state index in [1.807, 2.05) is 48.5 Å². The molecule has 0 radical (unpaired) electrons. The summed E-state index contributed by atoms with van der Waals surface area (Å²) in [5.74, 6) is 1.20. The number of rotatable bonds is 6. The van der Waals surface area contributed by atoms with Crippen molar-refractivity contribution < 1.29 is 8.83 Å². The lowest BCUT2D eigenvalue weighted by Gasteiger charge is -2.26. The Bertz CT molecular complexity index is 3030. The highest BCUT2D eigenvalue weighted by atomic mass is 16.4. The number of hydrogen-bond donors (Lipinski definition) is 0. The van der Waals surface area contributed by atoms with Gasteiger partial charge in [-0.25, -0.2) is 9.97 Å². The normalized spacial score (nSPS) is 11.6. The van der Waals surface area contributed by atoms with Crippen LogP contribution in [0.4, 0.5) is 17.1 Å². The summed E-state index contributed by atoms with van der Waals surface area (Å²) < 4.78 is 12.2. The molecule has 11 rings (SSSR count). The molecule has 0 aliphatic rings. The van der Waals surface area contributed by atoms with Gasteiger partial charge in [0.05, 0.1) is 0 Å². The maximum absolute atomic E-state index is 6.09. The number of benzene rings is 9. The highest BCUT2D eigenvalue weighted by Gasteiger charge is 2.17. The Balaban J connectivity index is 0.968. The smallest absolute Gasteiger partial charge is 0.227 e. The van der Waals surface area contributed by atoms with Crippen molar-refractivity contribution in [3.63, 3.8) is 0 Å². The molecule has 0 spiro atoms. The number of nitrogens with zero attached hydrogens (tertiary/aromatic N) is 3. The molecular weight excluding hydrogens is 675 g/mol. The average Bonchev–Trinajstić information content (AvgIpc) is 3.88. The maximum atomic E-state index is 6.09. The van der Waals surface area contributed by atoms with Crippen LogP contribution in [0.1, 0.15) is 0 Å². The third-order valence-corrected chi connectivity index (χ3v) is 10.5. The molecule has 0 amide bonds. The lowest BCUT2D eigenvalue weighted by molar-refractivity contribution is 0.619. The van der Waals surface area contributed by atoms with Crippen LogP contribution in [0.2, 0.25) is 0 Å². The number of aromatic nitrogens is 2. The van der Waals surface area contributed by atoms with E-state index in [0.717, 1.165) is 55.8 Å². The zero-order valence-corrected chi connectivity index (χ0v) is 29.6. The van der Waals surface area contributed by atoms with E-state index < -0.39 is 0 Å². The summed E-state index contributed by atoms with van der Waals surface area (Å²) in [7, 11) is 0. The minimum Gasteiger partial charge on any atom is -0.436 e. The fraction of sp³-hybridized carbons (Fsp3) is 0. The molecule has 2 heterocycles. The van der Waals surface area contributed by atoms with Crippen molar-refractivity contribution in [1.29, 1.82) is 0 Å². The van der Waals surface area contributed by atoms with E-state index in [1.165, 1.54) is 38.1 Å². The molecule has 5 heteroatoms. The lowest BCUT2D eigenvalue weighted by atomic mass is 9.97. The van der Waals surface area contributed by atoms with Crippen molar-refractivity contribution in [1.82, 2.24) is 9.97 Å². The van der Waals surface area contributed by atoms with Gasteiger partial charge in [0.25, 0.3) is 0 Å². The van der Waals surface area contributed by atoms with E-state index in [9.17, 15) is 0 Å². The fourth-order valence-electron chi connectivity index (χ4n) is 7.62. The van der Waals surface area contributed by atoms with Crippen LogP contribution in [0.5, 0.6) is 0 Å². The van der Waals surface area contributed by atoms with Crippen LogP contribution >= 0.6 is 0 Å². The molecule has 0 fully saturated rings. The van der Waals surface area contributed by atoms with Gasteiger partial charge in [-0.05, 0) is 153 Å². The third kappa shape index (κ3) is 5.58. The van der Waals surface area contributed by atoms with E-state index in [0.29, 0.717) is 11.8 Å². The maximum Gasteiger partial charge on any atom is 0.227 e. The first-order chi connectivity index (χ1) is 27.2. The molecule has 0 saturated carbocycles. The minimum absolute atomic E-state index is 0.600. The number of para-hydroxylation sites is 4. The molecule has 258 valence electrons. The Labute approximate surface area is 316 Å². The van der Waals surface area contributed by atoms with Crippen LogP contribution in [-0.4, -0.2) is 9.97 Å². The molecule has 0 N–H and O–H groups in total. The summed E-state index contributed by atoms with van der Waals surface area (Å²) >= 11 is 0. The molecule has 0 bridgehead atoms. The summed E-state index contributed by atoms with van der Waals surface area (Å²) in [6, 6.07) is 65.7. The first-order valence-corrected chi connectivity index (χ1v) is 18.4. The first-order valence-electron chi connectivity index (χ1n) is 18.4. The Kier molecular flexibility index (Phi) is 7.10. The molecular formula is C50H31N3O2. The van der Waals surface area contributed by atoms with Crippen molar-refractivity contribution in [3.05, 3.63) is 188 Å². The predicted molar refractivity (Wildman–Crippen MR) is 225 cm³/mol. The second-order valence-electron chi connectivity index (χ2n) is 13.9. The summed E-state index contributed by atoms with van der Waals surface area (Å²) in [6.45, 7) is 0. The van der Waals surface area contributed by atoms with Gasteiger partial charge in [0, 0.05) is 28.2 Å². The van der Waals surface area contributed by atoms with E-state index in [-0.39, 0.29) is 0 Å². The van der Waals surface area contributed by atoms with Gasteiger partial charge in [0.2, 0.25) is 11.8 Å². The van der Waals surface area contributed by atoms with Crippen LogP contribution in [0.25, 0.3) is 88.6 Å². The van der Waals surface area contributed by atoms with Crippen LogP contribution in [0.3, 0.4) is 0 Å².